The van der Waals surface area contributed by atoms with Gasteiger partial charge in [0.2, 0.25) is 15.9 Å². The molecule has 0 aliphatic carbocycles. The second-order valence-corrected chi connectivity index (χ2v) is 9.36. The van der Waals surface area contributed by atoms with Gasteiger partial charge in [0, 0.05) is 18.8 Å². The molecule has 0 radical (unpaired) electrons. The van der Waals surface area contributed by atoms with Gasteiger partial charge in [-0.25, -0.2) is 8.42 Å². The summed E-state index contributed by atoms with van der Waals surface area (Å²) in [5, 5.41) is 2.90. The lowest BCUT2D eigenvalue weighted by atomic mass is 9.98. The van der Waals surface area contributed by atoms with Gasteiger partial charge in [-0.1, -0.05) is 26.8 Å². The number of rotatable bonds is 7. The normalized spacial score (nSPS) is 17.9. The standard InChI is InChI=1S/C20H33N3O3S/c1-6-23(7-2)27(25,26)19-14-18(9-8-16(19)4)21-20(24)17(5)22-12-10-15(3)11-13-22/h8-9,14-15,17H,6-7,10-13H2,1-5H3,(H,21,24)/t17-/m0/s1. The Morgan fingerprint density at radius 3 is 2.41 bits per heavy atom. The number of anilines is 1. The van der Waals surface area contributed by atoms with Gasteiger partial charge in [-0.05, 0) is 63.4 Å². The van der Waals surface area contributed by atoms with Crippen molar-refractivity contribution in [1.82, 2.24) is 9.21 Å². The maximum atomic E-state index is 12.9. The minimum absolute atomic E-state index is 0.0976. The van der Waals surface area contributed by atoms with Gasteiger partial charge in [0.1, 0.15) is 0 Å². The number of sulfonamides is 1. The topological polar surface area (TPSA) is 69.7 Å². The summed E-state index contributed by atoms with van der Waals surface area (Å²) in [5.74, 6) is 0.612. The van der Waals surface area contributed by atoms with Gasteiger partial charge in [-0.15, -0.1) is 0 Å². The maximum Gasteiger partial charge on any atom is 0.243 e. The first-order valence-corrected chi connectivity index (χ1v) is 11.3. The van der Waals surface area contributed by atoms with E-state index < -0.39 is 10.0 Å². The Morgan fingerprint density at radius 2 is 1.85 bits per heavy atom. The number of benzene rings is 1. The van der Waals surface area contributed by atoms with Crippen LogP contribution in [0.2, 0.25) is 0 Å². The van der Waals surface area contributed by atoms with E-state index in [9.17, 15) is 13.2 Å². The Morgan fingerprint density at radius 1 is 1.26 bits per heavy atom. The van der Waals surface area contributed by atoms with Gasteiger partial charge in [0.15, 0.2) is 0 Å². The summed E-state index contributed by atoms with van der Waals surface area (Å²) < 4.78 is 27.2. The molecule has 0 saturated carbocycles. The van der Waals surface area contributed by atoms with E-state index >= 15 is 0 Å². The molecule has 1 saturated heterocycles. The van der Waals surface area contributed by atoms with Crippen molar-refractivity contribution in [2.75, 3.05) is 31.5 Å². The van der Waals surface area contributed by atoms with Gasteiger partial charge in [0.25, 0.3) is 0 Å². The van der Waals surface area contributed by atoms with Crippen LogP contribution in [0.4, 0.5) is 5.69 Å². The number of hydrogen-bond acceptors (Lipinski definition) is 4. The minimum Gasteiger partial charge on any atom is -0.325 e. The van der Waals surface area contributed by atoms with Crippen LogP contribution in [0.15, 0.2) is 23.1 Å². The first-order valence-electron chi connectivity index (χ1n) is 9.86. The van der Waals surface area contributed by atoms with Gasteiger partial charge < -0.3 is 5.32 Å². The molecule has 1 aliphatic heterocycles. The number of piperidine rings is 1. The molecule has 2 rings (SSSR count). The maximum absolute atomic E-state index is 12.9. The number of nitrogens with one attached hydrogen (secondary N) is 1. The number of carbonyl (C=O) groups is 1. The fourth-order valence-corrected chi connectivity index (χ4v) is 5.20. The van der Waals surface area contributed by atoms with Crippen LogP contribution in [0.25, 0.3) is 0 Å². The SMILES string of the molecule is CCN(CC)S(=O)(=O)c1cc(NC(=O)[C@H](C)N2CCC(C)CC2)ccc1C. The Labute approximate surface area is 164 Å². The first-order chi connectivity index (χ1) is 12.7. The summed E-state index contributed by atoms with van der Waals surface area (Å²) in [6.45, 7) is 12.3. The van der Waals surface area contributed by atoms with E-state index in [4.69, 9.17) is 0 Å². The zero-order chi connectivity index (χ0) is 20.2. The molecule has 1 N–H and O–H groups in total. The second-order valence-electron chi connectivity index (χ2n) is 7.45. The van der Waals surface area contributed by atoms with Crippen molar-refractivity contribution in [1.29, 1.82) is 0 Å². The van der Waals surface area contributed by atoms with E-state index in [0.29, 0.717) is 30.3 Å². The van der Waals surface area contributed by atoms with Gasteiger partial charge in [0.05, 0.1) is 10.9 Å². The van der Waals surface area contributed by atoms with Crippen LogP contribution < -0.4 is 5.32 Å². The Balaban J connectivity index is 2.17. The average molecular weight is 396 g/mol. The molecule has 1 amide bonds. The molecular weight excluding hydrogens is 362 g/mol. The zero-order valence-electron chi connectivity index (χ0n) is 17.2. The smallest absolute Gasteiger partial charge is 0.243 e. The third-order valence-corrected chi connectivity index (χ3v) is 7.72. The van der Waals surface area contributed by atoms with E-state index in [1.54, 1.807) is 25.1 Å². The molecule has 1 aromatic carbocycles. The van der Waals surface area contributed by atoms with Crippen LogP contribution in [-0.4, -0.2) is 55.8 Å². The highest BCUT2D eigenvalue weighted by molar-refractivity contribution is 7.89. The number of amides is 1. The van der Waals surface area contributed by atoms with Crippen LogP contribution >= 0.6 is 0 Å². The van der Waals surface area contributed by atoms with Crippen LogP contribution in [-0.2, 0) is 14.8 Å². The lowest BCUT2D eigenvalue weighted by molar-refractivity contribution is -0.121. The molecular formula is C20H33N3O3S. The number of nitrogens with zero attached hydrogens (tertiary/aromatic N) is 2. The predicted molar refractivity (Wildman–Crippen MR) is 109 cm³/mol. The van der Waals surface area contributed by atoms with Crippen molar-refractivity contribution in [3.8, 4) is 0 Å². The largest absolute Gasteiger partial charge is 0.325 e. The molecule has 1 atom stereocenters. The summed E-state index contributed by atoms with van der Waals surface area (Å²) in [5.41, 5.74) is 1.20. The van der Waals surface area contributed by atoms with Crippen molar-refractivity contribution in [3.05, 3.63) is 23.8 Å². The van der Waals surface area contributed by atoms with Crippen LogP contribution in [0.3, 0.4) is 0 Å². The average Bonchev–Trinajstić information content (AvgIpc) is 2.64. The van der Waals surface area contributed by atoms with Crippen molar-refractivity contribution < 1.29 is 13.2 Å². The first kappa shape index (κ1) is 21.9. The Bertz CT molecular complexity index is 752. The fraction of sp³-hybridized carbons (Fsp3) is 0.650. The van der Waals surface area contributed by atoms with Crippen molar-refractivity contribution in [3.63, 3.8) is 0 Å². The Kier molecular flexibility index (Phi) is 7.42. The summed E-state index contributed by atoms with van der Waals surface area (Å²) in [4.78, 5) is 15.1. The molecule has 6 nitrogen and oxygen atoms in total. The van der Waals surface area contributed by atoms with Crippen LogP contribution in [0.1, 0.15) is 46.1 Å². The lowest BCUT2D eigenvalue weighted by Gasteiger charge is -2.34. The molecule has 1 heterocycles. The number of likely N-dealkylation sites (tertiary alicyclic amines) is 1. The number of carbonyl (C=O) groups excluding carboxylic acids is 1. The van der Waals surface area contributed by atoms with Crippen molar-refractivity contribution in [2.45, 2.75) is 58.4 Å². The molecule has 152 valence electrons. The zero-order valence-corrected chi connectivity index (χ0v) is 18.0. The van der Waals surface area contributed by atoms with Crippen LogP contribution in [0, 0.1) is 12.8 Å². The number of aryl methyl sites for hydroxylation is 1. The van der Waals surface area contributed by atoms with Crippen molar-refractivity contribution >= 4 is 21.6 Å². The van der Waals surface area contributed by atoms with Crippen LogP contribution in [0.5, 0.6) is 0 Å². The van der Waals surface area contributed by atoms with E-state index in [2.05, 4.69) is 17.1 Å². The van der Waals surface area contributed by atoms with Gasteiger partial charge in [-0.2, -0.15) is 4.31 Å². The third kappa shape index (κ3) is 5.09. The molecule has 0 unspecified atom stereocenters. The molecule has 0 aromatic heterocycles. The molecule has 0 spiro atoms. The van der Waals surface area contributed by atoms with E-state index in [1.165, 1.54) is 4.31 Å². The summed E-state index contributed by atoms with van der Waals surface area (Å²) in [6, 6.07) is 4.85. The lowest BCUT2D eigenvalue weighted by Crippen LogP contribution is -2.45. The fourth-order valence-electron chi connectivity index (χ4n) is 3.49. The highest BCUT2D eigenvalue weighted by Crippen LogP contribution is 2.24. The summed E-state index contributed by atoms with van der Waals surface area (Å²) in [6.07, 6.45) is 2.21. The quantitative estimate of drug-likeness (QED) is 0.770. The van der Waals surface area contributed by atoms with Crippen molar-refractivity contribution in [2.24, 2.45) is 5.92 Å². The molecule has 27 heavy (non-hydrogen) atoms. The molecule has 1 aliphatic rings. The Hall–Kier alpha value is -1.44. The van der Waals surface area contributed by atoms with E-state index in [0.717, 1.165) is 25.9 Å². The van der Waals surface area contributed by atoms with E-state index in [1.807, 2.05) is 20.8 Å². The molecule has 0 bridgehead atoms. The highest BCUT2D eigenvalue weighted by atomic mass is 32.2. The van der Waals surface area contributed by atoms with E-state index in [-0.39, 0.29) is 16.8 Å². The summed E-state index contributed by atoms with van der Waals surface area (Å²) in [7, 11) is -3.57. The second kappa shape index (κ2) is 9.17. The molecule has 1 aromatic rings. The van der Waals surface area contributed by atoms with Gasteiger partial charge in [-0.3, -0.25) is 9.69 Å². The number of hydrogen-bond donors (Lipinski definition) is 1. The monoisotopic (exact) mass is 395 g/mol. The summed E-state index contributed by atoms with van der Waals surface area (Å²) >= 11 is 0. The minimum atomic E-state index is -3.57. The predicted octanol–water partition coefficient (Wildman–Crippen LogP) is 3.08. The molecule has 7 heteroatoms. The third-order valence-electron chi connectivity index (χ3n) is 5.52. The highest BCUT2D eigenvalue weighted by Gasteiger charge is 2.27. The van der Waals surface area contributed by atoms with Gasteiger partial charge >= 0.3 is 0 Å². The molecule has 1 fully saturated rings.